The maximum absolute atomic E-state index is 12.6. The van der Waals surface area contributed by atoms with Crippen LogP contribution in [0.5, 0.6) is 0 Å². The first kappa shape index (κ1) is 53.9. The van der Waals surface area contributed by atoms with Crippen LogP contribution in [-0.2, 0) is 32.7 Å². The van der Waals surface area contributed by atoms with Gasteiger partial charge in [0.25, 0.3) is 7.82 Å². The lowest BCUT2D eigenvalue weighted by atomic mass is 10.0. The number of phosphoric acid groups is 1. The first-order chi connectivity index (χ1) is 26.9. The molecule has 0 fully saturated rings. The minimum absolute atomic E-state index is 0.0477. The normalized spacial score (nSPS) is 14.6. The number of aliphatic hydroxyl groups excluding tert-OH is 1. The van der Waals surface area contributed by atoms with Crippen molar-refractivity contribution in [1.82, 2.24) is 0 Å². The van der Waals surface area contributed by atoms with Crippen molar-refractivity contribution in [3.05, 3.63) is 48.6 Å². The molecule has 0 aliphatic heterocycles. The molecule has 1 N–H and O–H groups in total. The van der Waals surface area contributed by atoms with E-state index in [0.717, 1.165) is 57.8 Å². The van der Waals surface area contributed by atoms with Gasteiger partial charge in [0.05, 0.1) is 33.9 Å². The number of aliphatic hydroxyl groups is 1. The molecule has 0 aliphatic carbocycles. The second-order valence-electron chi connectivity index (χ2n) is 15.9. The van der Waals surface area contributed by atoms with Crippen LogP contribution in [0.4, 0.5) is 0 Å². The smallest absolute Gasteiger partial charge is 0.306 e. The van der Waals surface area contributed by atoms with Gasteiger partial charge in [0.15, 0.2) is 6.10 Å². The summed E-state index contributed by atoms with van der Waals surface area (Å²) < 4.78 is 33.8. The largest absolute Gasteiger partial charge is 0.756 e. The number of allylic oxidation sites excluding steroid dienone is 8. The number of quaternary nitrogens is 1. The van der Waals surface area contributed by atoms with E-state index < -0.39 is 32.5 Å². The van der Waals surface area contributed by atoms with Gasteiger partial charge in [-0.1, -0.05) is 146 Å². The Balaban J connectivity index is 4.47. The SMILES string of the molecule is CCCCCCCCCCCCCCCCC(=O)OC[C@H](COP(=O)([O-])OCC[N+](C)(C)C)OC(=O)CCC/C=C\C/C=C\C/C=C\C/C=C\CC[C@H](O)CC. The minimum Gasteiger partial charge on any atom is -0.756 e. The standard InChI is InChI=1S/C45H82NO9P/c1-6-8-9-10-11-12-13-14-18-21-24-27-30-33-36-44(48)52-40-43(41-54-56(50,51)53-39-38-46(3,4)5)55-45(49)37-34-31-28-25-22-19-16-15-17-20-23-26-29-32-35-42(47)7-2/h16-17,19-20,25-26,28-29,42-43,47H,6-15,18,21-24,27,30-41H2,1-5H3/b19-16-,20-17-,28-25-,29-26-/t42-,43-/m1/s1. The maximum atomic E-state index is 12.6. The summed E-state index contributed by atoms with van der Waals surface area (Å²) in [7, 11) is 1.11. The number of carbonyl (C=O) groups is 2. The van der Waals surface area contributed by atoms with Gasteiger partial charge < -0.3 is 33.0 Å². The predicted molar refractivity (Wildman–Crippen MR) is 228 cm³/mol. The lowest BCUT2D eigenvalue weighted by Gasteiger charge is -2.28. The summed E-state index contributed by atoms with van der Waals surface area (Å²) in [5.41, 5.74) is 0. The quantitative estimate of drug-likeness (QED) is 0.0212. The predicted octanol–water partition coefficient (Wildman–Crippen LogP) is 10.6. The van der Waals surface area contributed by atoms with Crippen molar-refractivity contribution in [3.8, 4) is 0 Å². The number of carbonyl (C=O) groups excluding carboxylic acids is 2. The number of nitrogens with zero attached hydrogens (tertiary/aromatic N) is 1. The lowest BCUT2D eigenvalue weighted by Crippen LogP contribution is -2.37. The van der Waals surface area contributed by atoms with Crippen molar-refractivity contribution in [1.29, 1.82) is 0 Å². The van der Waals surface area contributed by atoms with Crippen molar-refractivity contribution in [2.24, 2.45) is 0 Å². The van der Waals surface area contributed by atoms with Crippen molar-refractivity contribution >= 4 is 19.8 Å². The van der Waals surface area contributed by atoms with Crippen LogP contribution < -0.4 is 4.89 Å². The van der Waals surface area contributed by atoms with E-state index in [9.17, 15) is 24.2 Å². The van der Waals surface area contributed by atoms with Gasteiger partial charge >= 0.3 is 11.9 Å². The van der Waals surface area contributed by atoms with Crippen molar-refractivity contribution in [3.63, 3.8) is 0 Å². The third-order valence-corrected chi connectivity index (χ3v) is 10.2. The first-order valence-electron chi connectivity index (χ1n) is 21.9. The number of likely N-dealkylation sites (N-methyl/N-ethyl adjacent to an activating group) is 1. The van der Waals surface area contributed by atoms with Crippen LogP contribution in [0, 0.1) is 0 Å². The second kappa shape index (κ2) is 37.2. The molecule has 0 aromatic carbocycles. The molecule has 0 saturated heterocycles. The van der Waals surface area contributed by atoms with E-state index in [1.807, 2.05) is 34.1 Å². The molecule has 56 heavy (non-hydrogen) atoms. The third kappa shape index (κ3) is 40.1. The molecule has 11 heteroatoms. The van der Waals surface area contributed by atoms with E-state index in [1.54, 1.807) is 0 Å². The molecule has 0 heterocycles. The Morgan fingerprint density at radius 3 is 1.64 bits per heavy atom. The fourth-order valence-corrected chi connectivity index (χ4v) is 6.36. The zero-order valence-electron chi connectivity index (χ0n) is 36.2. The maximum Gasteiger partial charge on any atom is 0.306 e. The highest BCUT2D eigenvalue weighted by Crippen LogP contribution is 2.38. The van der Waals surface area contributed by atoms with E-state index in [0.29, 0.717) is 23.9 Å². The number of hydrogen-bond acceptors (Lipinski definition) is 9. The molecule has 0 aromatic heterocycles. The van der Waals surface area contributed by atoms with Crippen molar-refractivity contribution < 1.29 is 47.2 Å². The van der Waals surface area contributed by atoms with Gasteiger partial charge in [0.2, 0.25) is 0 Å². The van der Waals surface area contributed by atoms with Crippen LogP contribution in [-0.4, -0.2) is 81.2 Å². The highest BCUT2D eigenvalue weighted by Gasteiger charge is 2.21. The van der Waals surface area contributed by atoms with Gasteiger partial charge in [-0.25, -0.2) is 0 Å². The van der Waals surface area contributed by atoms with Gasteiger partial charge in [-0.05, 0) is 57.8 Å². The minimum atomic E-state index is -4.65. The summed E-state index contributed by atoms with van der Waals surface area (Å²) >= 11 is 0. The van der Waals surface area contributed by atoms with Crippen LogP contribution in [0.3, 0.4) is 0 Å². The number of ether oxygens (including phenoxy) is 2. The van der Waals surface area contributed by atoms with Crippen molar-refractivity contribution in [2.75, 3.05) is 47.5 Å². The summed E-state index contributed by atoms with van der Waals surface area (Å²) in [4.78, 5) is 37.5. The molecular formula is C45H82NO9P. The molecule has 0 bridgehead atoms. The second-order valence-corrected chi connectivity index (χ2v) is 17.3. The number of rotatable bonds is 39. The van der Waals surface area contributed by atoms with E-state index in [4.69, 9.17) is 18.5 Å². The first-order valence-corrected chi connectivity index (χ1v) is 23.4. The van der Waals surface area contributed by atoms with Crippen molar-refractivity contribution in [2.45, 2.75) is 180 Å². The van der Waals surface area contributed by atoms with E-state index in [2.05, 4.69) is 49.5 Å². The molecule has 0 radical (unpaired) electrons. The molecule has 0 spiro atoms. The molecule has 326 valence electrons. The van der Waals surface area contributed by atoms with E-state index in [1.165, 1.54) is 70.6 Å². The summed E-state index contributed by atoms with van der Waals surface area (Å²) in [5.74, 6) is -0.918. The summed E-state index contributed by atoms with van der Waals surface area (Å²) in [5, 5.41) is 9.57. The molecule has 0 saturated carbocycles. The fourth-order valence-electron chi connectivity index (χ4n) is 5.63. The Kier molecular flexibility index (Phi) is 35.8. The zero-order chi connectivity index (χ0) is 41.6. The Bertz CT molecular complexity index is 1120. The van der Waals surface area contributed by atoms with Crippen LogP contribution in [0.25, 0.3) is 0 Å². The van der Waals surface area contributed by atoms with Crippen LogP contribution in [0.2, 0.25) is 0 Å². The number of esters is 2. The van der Waals surface area contributed by atoms with Gasteiger partial charge in [-0.2, -0.15) is 0 Å². The molecule has 0 amide bonds. The fraction of sp³-hybridized carbons (Fsp3) is 0.778. The average molecular weight is 812 g/mol. The molecule has 0 aliphatic rings. The van der Waals surface area contributed by atoms with Crippen LogP contribution in [0.1, 0.15) is 168 Å². The summed E-state index contributed by atoms with van der Waals surface area (Å²) in [6.45, 7) is 3.87. The Morgan fingerprint density at radius 1 is 0.643 bits per heavy atom. The number of hydrogen-bond donors (Lipinski definition) is 1. The molecular weight excluding hydrogens is 729 g/mol. The molecule has 0 rings (SSSR count). The van der Waals surface area contributed by atoms with E-state index >= 15 is 0 Å². The highest BCUT2D eigenvalue weighted by molar-refractivity contribution is 7.45. The third-order valence-electron chi connectivity index (χ3n) is 9.27. The summed E-state index contributed by atoms with van der Waals surface area (Å²) in [6.07, 6.45) is 39.4. The molecule has 3 atom stereocenters. The zero-order valence-corrected chi connectivity index (χ0v) is 37.1. The van der Waals surface area contributed by atoms with Crippen LogP contribution in [0.15, 0.2) is 48.6 Å². The monoisotopic (exact) mass is 812 g/mol. The van der Waals surface area contributed by atoms with E-state index in [-0.39, 0.29) is 32.2 Å². The molecule has 10 nitrogen and oxygen atoms in total. The Labute approximate surface area is 342 Å². The van der Waals surface area contributed by atoms with Crippen LogP contribution >= 0.6 is 7.82 Å². The van der Waals surface area contributed by atoms with Gasteiger partial charge in [-0.15, -0.1) is 0 Å². The van der Waals surface area contributed by atoms with Gasteiger partial charge in [0, 0.05) is 12.8 Å². The lowest BCUT2D eigenvalue weighted by molar-refractivity contribution is -0.870. The average Bonchev–Trinajstić information content (AvgIpc) is 3.15. The van der Waals surface area contributed by atoms with Gasteiger partial charge in [0.1, 0.15) is 19.8 Å². The van der Waals surface area contributed by atoms with Gasteiger partial charge in [-0.3, -0.25) is 14.2 Å². The highest BCUT2D eigenvalue weighted by atomic mass is 31.2. The Morgan fingerprint density at radius 2 is 1.12 bits per heavy atom. The molecule has 0 aromatic rings. The summed E-state index contributed by atoms with van der Waals surface area (Å²) in [6, 6.07) is 0. The number of phosphoric ester groups is 1. The topological polar surface area (TPSA) is 131 Å². The Hall–Kier alpha value is -2.07. The number of unbranched alkanes of at least 4 members (excludes halogenated alkanes) is 14. The molecule has 1 unspecified atom stereocenters.